The van der Waals surface area contributed by atoms with E-state index in [1.54, 1.807) is 12.1 Å². The summed E-state index contributed by atoms with van der Waals surface area (Å²) >= 11 is 0. The van der Waals surface area contributed by atoms with Gasteiger partial charge in [0.25, 0.3) is 5.88 Å². The number of carbonyl (C=O) groups excluding carboxylic acids is 1. The van der Waals surface area contributed by atoms with E-state index in [4.69, 9.17) is 4.74 Å². The summed E-state index contributed by atoms with van der Waals surface area (Å²) in [6.45, 7) is 3.58. The van der Waals surface area contributed by atoms with Gasteiger partial charge in [0.15, 0.2) is 0 Å². The lowest BCUT2D eigenvalue weighted by atomic mass is 10.2. The van der Waals surface area contributed by atoms with Crippen molar-refractivity contribution in [2.24, 2.45) is 0 Å². The first-order chi connectivity index (χ1) is 16.0. The quantitative estimate of drug-likeness (QED) is 0.445. The lowest BCUT2D eigenvalue weighted by Gasteiger charge is -2.09. The van der Waals surface area contributed by atoms with E-state index in [2.05, 4.69) is 15.4 Å². The van der Waals surface area contributed by atoms with Crippen LogP contribution >= 0.6 is 0 Å². The van der Waals surface area contributed by atoms with E-state index in [0.717, 1.165) is 15.8 Å². The zero-order valence-electron chi connectivity index (χ0n) is 18.1. The highest BCUT2D eigenvalue weighted by Crippen LogP contribution is 2.28. The highest BCUT2D eigenvalue weighted by Gasteiger charge is 2.19. The Morgan fingerprint density at radius 2 is 1.64 bits per heavy atom. The third-order valence-electron chi connectivity index (χ3n) is 5.39. The molecule has 0 atom stereocenters. The molecule has 0 radical (unpaired) electrons. The Morgan fingerprint density at radius 3 is 2.42 bits per heavy atom. The van der Waals surface area contributed by atoms with Crippen molar-refractivity contribution in [1.82, 2.24) is 19.2 Å². The fraction of sp³-hybridized carbons (Fsp3) is 0.120. The van der Waals surface area contributed by atoms with E-state index in [1.807, 2.05) is 74.5 Å². The lowest BCUT2D eigenvalue weighted by Crippen LogP contribution is -2.28. The summed E-state index contributed by atoms with van der Waals surface area (Å²) < 4.78 is 8.62. The predicted octanol–water partition coefficient (Wildman–Crippen LogP) is 4.09. The van der Waals surface area contributed by atoms with Gasteiger partial charge in [-0.25, -0.2) is 18.9 Å². The summed E-state index contributed by atoms with van der Waals surface area (Å²) in [5.74, 6) is 0.452. The maximum atomic E-state index is 13.3. The van der Waals surface area contributed by atoms with Gasteiger partial charge in [-0.3, -0.25) is 4.79 Å². The number of rotatable bonds is 5. The van der Waals surface area contributed by atoms with Crippen molar-refractivity contribution in [1.29, 1.82) is 0 Å². The Balaban J connectivity index is 1.58. The number of anilines is 1. The number of fused-ring (bicyclic) bond motifs is 3. The number of hydrogen-bond donors (Lipinski definition) is 1. The van der Waals surface area contributed by atoms with Crippen LogP contribution in [-0.4, -0.2) is 25.1 Å². The molecule has 8 heteroatoms. The molecule has 0 aliphatic rings. The van der Waals surface area contributed by atoms with Crippen molar-refractivity contribution in [2.45, 2.75) is 20.4 Å². The number of benzene rings is 3. The standard InChI is InChI=1S/C25H21N5O3/c1-16-9-3-5-11-18(16)26-22(31)15-29-25(32)30-20-13-7-6-12-19(20)27-24(23(30)28-29)33-21-14-8-4-10-17(21)2/h3-14H,15H2,1-2H3,(H,26,31). The zero-order valence-corrected chi connectivity index (χ0v) is 18.1. The maximum Gasteiger partial charge on any atom is 0.351 e. The van der Waals surface area contributed by atoms with Crippen LogP contribution in [0.2, 0.25) is 0 Å². The van der Waals surface area contributed by atoms with Gasteiger partial charge in [-0.2, -0.15) is 0 Å². The minimum absolute atomic E-state index is 0.193. The van der Waals surface area contributed by atoms with E-state index in [1.165, 1.54) is 4.40 Å². The van der Waals surface area contributed by atoms with Gasteiger partial charge < -0.3 is 10.1 Å². The molecule has 1 amide bonds. The SMILES string of the molecule is Cc1ccccc1NC(=O)Cn1nc2c(Oc3ccccc3C)nc3ccccc3n2c1=O. The normalized spacial score (nSPS) is 11.1. The number of hydrogen-bond acceptors (Lipinski definition) is 5. The molecular weight excluding hydrogens is 418 g/mol. The lowest BCUT2D eigenvalue weighted by molar-refractivity contribution is -0.117. The first-order valence-corrected chi connectivity index (χ1v) is 10.5. The van der Waals surface area contributed by atoms with Crippen LogP contribution < -0.4 is 15.7 Å². The number of nitrogens with one attached hydrogen (secondary N) is 1. The molecule has 1 N–H and O–H groups in total. The van der Waals surface area contributed by atoms with Crippen molar-refractivity contribution in [3.63, 3.8) is 0 Å². The fourth-order valence-electron chi connectivity index (χ4n) is 3.66. The molecule has 0 spiro atoms. The minimum atomic E-state index is -0.446. The summed E-state index contributed by atoms with van der Waals surface area (Å²) in [6, 6.07) is 22.2. The number of nitrogens with zero attached hydrogens (tertiary/aromatic N) is 4. The van der Waals surface area contributed by atoms with E-state index < -0.39 is 5.69 Å². The maximum absolute atomic E-state index is 13.3. The average molecular weight is 439 g/mol. The molecule has 0 saturated carbocycles. The average Bonchev–Trinajstić information content (AvgIpc) is 3.13. The molecule has 164 valence electrons. The number of carbonyl (C=O) groups is 1. The summed E-state index contributed by atoms with van der Waals surface area (Å²) in [4.78, 5) is 30.5. The molecule has 8 nitrogen and oxygen atoms in total. The van der Waals surface area contributed by atoms with Crippen LogP contribution in [-0.2, 0) is 11.3 Å². The Kier molecular flexibility index (Phi) is 5.10. The molecule has 5 aromatic rings. The van der Waals surface area contributed by atoms with Crippen LogP contribution in [0.4, 0.5) is 5.69 Å². The minimum Gasteiger partial charge on any atom is -0.436 e. The van der Waals surface area contributed by atoms with Crippen molar-refractivity contribution < 1.29 is 9.53 Å². The van der Waals surface area contributed by atoms with Gasteiger partial charge in [0, 0.05) is 5.69 Å². The smallest absolute Gasteiger partial charge is 0.351 e. The molecule has 2 heterocycles. The Bertz CT molecular complexity index is 1570. The number of amides is 1. The molecular formula is C25H21N5O3. The van der Waals surface area contributed by atoms with Crippen molar-refractivity contribution >= 4 is 28.3 Å². The number of para-hydroxylation sites is 4. The molecule has 0 unspecified atom stereocenters. The molecule has 2 aromatic heterocycles. The molecule has 0 saturated heterocycles. The Morgan fingerprint density at radius 1 is 0.939 bits per heavy atom. The van der Waals surface area contributed by atoms with E-state index in [-0.39, 0.29) is 24.0 Å². The first-order valence-electron chi connectivity index (χ1n) is 10.5. The Hall–Kier alpha value is -4.46. The molecule has 5 rings (SSSR count). The second-order valence-corrected chi connectivity index (χ2v) is 7.74. The summed E-state index contributed by atoms with van der Waals surface area (Å²) in [6.07, 6.45) is 0. The molecule has 0 aliphatic heterocycles. The molecule has 0 fully saturated rings. The third kappa shape index (κ3) is 3.82. The summed E-state index contributed by atoms with van der Waals surface area (Å²) in [7, 11) is 0. The second kappa shape index (κ2) is 8.23. The van der Waals surface area contributed by atoms with Crippen molar-refractivity contribution in [3.05, 3.63) is 94.4 Å². The first kappa shape index (κ1) is 20.4. The highest BCUT2D eigenvalue weighted by atomic mass is 16.5. The van der Waals surface area contributed by atoms with Gasteiger partial charge >= 0.3 is 5.69 Å². The van der Waals surface area contributed by atoms with E-state index >= 15 is 0 Å². The van der Waals surface area contributed by atoms with E-state index in [0.29, 0.717) is 22.5 Å². The van der Waals surface area contributed by atoms with Gasteiger partial charge in [-0.05, 0) is 49.2 Å². The number of aryl methyl sites for hydroxylation is 2. The molecule has 33 heavy (non-hydrogen) atoms. The van der Waals surface area contributed by atoms with Gasteiger partial charge in [-0.1, -0.05) is 48.5 Å². The van der Waals surface area contributed by atoms with Crippen molar-refractivity contribution in [3.8, 4) is 11.6 Å². The van der Waals surface area contributed by atoms with Crippen molar-refractivity contribution in [2.75, 3.05) is 5.32 Å². The van der Waals surface area contributed by atoms with Gasteiger partial charge in [0.05, 0.1) is 11.0 Å². The van der Waals surface area contributed by atoms with Gasteiger partial charge in [0.1, 0.15) is 12.3 Å². The second-order valence-electron chi connectivity index (χ2n) is 7.74. The van der Waals surface area contributed by atoms with Crippen LogP contribution in [0.3, 0.4) is 0 Å². The predicted molar refractivity (Wildman–Crippen MR) is 126 cm³/mol. The third-order valence-corrected chi connectivity index (χ3v) is 5.39. The van der Waals surface area contributed by atoms with Crippen LogP contribution in [0.25, 0.3) is 16.7 Å². The Labute approximate surface area is 189 Å². The van der Waals surface area contributed by atoms with Crippen LogP contribution in [0, 0.1) is 13.8 Å². The zero-order chi connectivity index (χ0) is 22.9. The molecule has 0 bridgehead atoms. The largest absolute Gasteiger partial charge is 0.436 e. The van der Waals surface area contributed by atoms with E-state index in [9.17, 15) is 9.59 Å². The summed E-state index contributed by atoms with van der Waals surface area (Å²) in [5, 5.41) is 7.25. The monoisotopic (exact) mass is 439 g/mol. The molecule has 3 aromatic carbocycles. The highest BCUT2D eigenvalue weighted by molar-refractivity contribution is 5.91. The van der Waals surface area contributed by atoms with Crippen LogP contribution in [0.1, 0.15) is 11.1 Å². The van der Waals surface area contributed by atoms with Gasteiger partial charge in [-0.15, -0.1) is 5.10 Å². The topological polar surface area (TPSA) is 90.5 Å². The van der Waals surface area contributed by atoms with Crippen LogP contribution in [0.5, 0.6) is 11.6 Å². The number of aromatic nitrogens is 4. The fourth-order valence-corrected chi connectivity index (χ4v) is 3.66. The van der Waals surface area contributed by atoms with Gasteiger partial charge in [0.2, 0.25) is 11.6 Å². The summed E-state index contributed by atoms with van der Waals surface area (Å²) in [5.41, 5.74) is 3.50. The van der Waals surface area contributed by atoms with Crippen LogP contribution in [0.15, 0.2) is 77.6 Å². The molecule has 0 aliphatic carbocycles. The number of ether oxygens (including phenoxy) is 1.